The number of rotatable bonds is 4. The second kappa shape index (κ2) is 6.66. The molecule has 0 atom stereocenters. The van der Waals surface area contributed by atoms with E-state index in [1.54, 1.807) is 23.3 Å². The van der Waals surface area contributed by atoms with Crippen LogP contribution in [0, 0.1) is 4.77 Å². The van der Waals surface area contributed by atoms with Gasteiger partial charge in [-0.1, -0.05) is 38.1 Å². The fourth-order valence-electron chi connectivity index (χ4n) is 2.17. The summed E-state index contributed by atoms with van der Waals surface area (Å²) in [6.45, 7) is 4.35. The van der Waals surface area contributed by atoms with E-state index in [-0.39, 0.29) is 0 Å². The van der Waals surface area contributed by atoms with Crippen LogP contribution < -0.4 is 0 Å². The Morgan fingerprint density at radius 3 is 2.65 bits per heavy atom. The molecular weight excluding hydrogens is 306 g/mol. The number of aromatic nitrogens is 4. The molecule has 116 valence electrons. The first-order chi connectivity index (χ1) is 11.1. The molecule has 2 heterocycles. The Hall–Kier alpha value is -2.60. The van der Waals surface area contributed by atoms with Crippen LogP contribution in [0.1, 0.15) is 30.9 Å². The molecule has 5 nitrogen and oxygen atoms in total. The number of hydrogen-bond acceptors (Lipinski definition) is 4. The van der Waals surface area contributed by atoms with Gasteiger partial charge in [0.15, 0.2) is 5.82 Å². The van der Waals surface area contributed by atoms with Crippen LogP contribution in [-0.4, -0.2) is 26.1 Å². The second-order valence-electron chi connectivity index (χ2n) is 5.47. The van der Waals surface area contributed by atoms with E-state index in [9.17, 15) is 0 Å². The Labute approximate surface area is 139 Å². The summed E-state index contributed by atoms with van der Waals surface area (Å²) in [7, 11) is 0. The average Bonchev–Trinajstić information content (AvgIpc) is 2.95. The van der Waals surface area contributed by atoms with Crippen molar-refractivity contribution in [3.8, 4) is 11.4 Å². The van der Waals surface area contributed by atoms with Crippen molar-refractivity contribution in [3.63, 3.8) is 0 Å². The fourth-order valence-corrected chi connectivity index (χ4v) is 2.35. The first-order valence-corrected chi connectivity index (χ1v) is 7.78. The molecule has 2 aromatic heterocycles. The lowest BCUT2D eigenvalue weighted by atomic mass is 10.0. The smallest absolute Gasteiger partial charge is 0.216 e. The largest absolute Gasteiger partial charge is 0.264 e. The molecule has 0 unspecified atom stereocenters. The molecule has 23 heavy (non-hydrogen) atoms. The van der Waals surface area contributed by atoms with Gasteiger partial charge in [0, 0.05) is 18.0 Å². The van der Waals surface area contributed by atoms with Gasteiger partial charge in [-0.05, 0) is 41.4 Å². The van der Waals surface area contributed by atoms with E-state index < -0.39 is 0 Å². The number of H-pyrrole nitrogens is 1. The van der Waals surface area contributed by atoms with E-state index in [1.165, 1.54) is 5.56 Å². The van der Waals surface area contributed by atoms with E-state index in [2.05, 4.69) is 46.3 Å². The molecule has 6 heteroatoms. The predicted octanol–water partition coefficient (Wildman–Crippen LogP) is 4.01. The van der Waals surface area contributed by atoms with Gasteiger partial charge in [0.1, 0.15) is 0 Å². The van der Waals surface area contributed by atoms with Crippen molar-refractivity contribution >= 4 is 18.4 Å². The van der Waals surface area contributed by atoms with Gasteiger partial charge in [0.2, 0.25) is 4.77 Å². The second-order valence-corrected chi connectivity index (χ2v) is 5.86. The number of hydrogen-bond donors (Lipinski definition) is 1. The fraction of sp³-hybridized carbons (Fsp3) is 0.176. The van der Waals surface area contributed by atoms with Crippen LogP contribution in [0.4, 0.5) is 0 Å². The van der Waals surface area contributed by atoms with E-state index >= 15 is 0 Å². The lowest BCUT2D eigenvalue weighted by molar-refractivity contribution is 0.865. The van der Waals surface area contributed by atoms with Crippen LogP contribution in [-0.2, 0) is 0 Å². The van der Waals surface area contributed by atoms with Crippen LogP contribution in [0.15, 0.2) is 53.9 Å². The highest BCUT2D eigenvalue weighted by atomic mass is 32.1. The van der Waals surface area contributed by atoms with Crippen molar-refractivity contribution < 1.29 is 0 Å². The Morgan fingerprint density at radius 1 is 1.22 bits per heavy atom. The van der Waals surface area contributed by atoms with E-state index in [0.29, 0.717) is 16.5 Å². The third-order valence-corrected chi connectivity index (χ3v) is 3.76. The molecule has 3 rings (SSSR count). The number of nitrogens with zero attached hydrogens (tertiary/aromatic N) is 4. The molecule has 0 radical (unpaired) electrons. The zero-order valence-corrected chi connectivity index (χ0v) is 13.8. The van der Waals surface area contributed by atoms with Crippen LogP contribution in [0.3, 0.4) is 0 Å². The van der Waals surface area contributed by atoms with E-state index in [1.807, 2.05) is 24.3 Å². The first-order valence-electron chi connectivity index (χ1n) is 7.37. The first kappa shape index (κ1) is 15.3. The minimum absolute atomic E-state index is 0.443. The Bertz CT molecular complexity index is 860. The quantitative estimate of drug-likeness (QED) is 0.583. The summed E-state index contributed by atoms with van der Waals surface area (Å²) in [4.78, 5) is 4.10. The van der Waals surface area contributed by atoms with Crippen LogP contribution in [0.25, 0.3) is 11.4 Å². The van der Waals surface area contributed by atoms with Gasteiger partial charge in [-0.15, -0.1) is 0 Å². The molecule has 0 fully saturated rings. The number of aromatic amines is 1. The van der Waals surface area contributed by atoms with Crippen molar-refractivity contribution in [2.75, 3.05) is 0 Å². The molecule has 0 spiro atoms. The summed E-state index contributed by atoms with van der Waals surface area (Å²) in [5.41, 5.74) is 3.17. The van der Waals surface area contributed by atoms with E-state index in [0.717, 1.165) is 11.1 Å². The molecule has 0 aliphatic rings. The lowest BCUT2D eigenvalue weighted by Crippen LogP contribution is -1.95. The summed E-state index contributed by atoms with van der Waals surface area (Å²) in [5, 5.41) is 11.5. The number of pyridine rings is 1. The minimum atomic E-state index is 0.443. The summed E-state index contributed by atoms with van der Waals surface area (Å²) in [5.74, 6) is 1.15. The molecule has 0 aliphatic carbocycles. The molecule has 0 bridgehead atoms. The van der Waals surface area contributed by atoms with Crippen molar-refractivity contribution in [2.24, 2.45) is 5.10 Å². The zero-order valence-electron chi connectivity index (χ0n) is 13.0. The van der Waals surface area contributed by atoms with Gasteiger partial charge in [0.25, 0.3) is 0 Å². The van der Waals surface area contributed by atoms with Crippen molar-refractivity contribution in [1.82, 2.24) is 19.9 Å². The molecule has 0 amide bonds. The summed E-state index contributed by atoms with van der Waals surface area (Å²) < 4.78 is 2.04. The summed E-state index contributed by atoms with van der Waals surface area (Å²) >= 11 is 5.25. The molecule has 1 aromatic carbocycles. The minimum Gasteiger partial charge on any atom is -0.264 e. The lowest BCUT2D eigenvalue weighted by Gasteiger charge is -2.04. The molecule has 0 saturated heterocycles. The van der Waals surface area contributed by atoms with Gasteiger partial charge in [-0.2, -0.15) is 14.9 Å². The molecular formula is C17H17N5S. The van der Waals surface area contributed by atoms with Crippen LogP contribution in [0.5, 0.6) is 0 Å². The maximum atomic E-state index is 5.25. The summed E-state index contributed by atoms with van der Waals surface area (Å²) in [6, 6.07) is 12.1. The Kier molecular flexibility index (Phi) is 4.43. The third kappa shape index (κ3) is 3.43. The number of benzene rings is 1. The molecule has 1 N–H and O–H groups in total. The van der Waals surface area contributed by atoms with E-state index in [4.69, 9.17) is 12.2 Å². The van der Waals surface area contributed by atoms with Gasteiger partial charge in [-0.25, -0.2) is 5.10 Å². The Balaban J connectivity index is 1.91. The highest BCUT2D eigenvalue weighted by Crippen LogP contribution is 2.16. The van der Waals surface area contributed by atoms with Crippen molar-refractivity contribution in [2.45, 2.75) is 19.8 Å². The molecule has 0 saturated carbocycles. The van der Waals surface area contributed by atoms with Crippen LogP contribution in [0.2, 0.25) is 0 Å². The van der Waals surface area contributed by atoms with Gasteiger partial charge in [0.05, 0.1) is 6.21 Å². The van der Waals surface area contributed by atoms with Gasteiger partial charge in [-0.3, -0.25) is 4.98 Å². The van der Waals surface area contributed by atoms with Crippen molar-refractivity contribution in [1.29, 1.82) is 0 Å². The standard InChI is InChI=1S/C17H17N5S/c1-12(2)14-7-5-13(6-8-14)10-19-22-16(20-21-17(22)23)15-4-3-9-18-11-15/h3-12H,1-2H3,(H,21,23)/b19-10-. The SMILES string of the molecule is CC(C)c1ccc(/C=N\n2c(-c3cccnc3)n[nH]c2=S)cc1. The normalized spacial score (nSPS) is 11.4. The topological polar surface area (TPSA) is 58.9 Å². The third-order valence-electron chi connectivity index (χ3n) is 3.50. The predicted molar refractivity (Wildman–Crippen MR) is 94.2 cm³/mol. The molecule has 3 aromatic rings. The highest BCUT2D eigenvalue weighted by molar-refractivity contribution is 7.71. The monoisotopic (exact) mass is 323 g/mol. The van der Waals surface area contributed by atoms with Crippen LogP contribution >= 0.6 is 12.2 Å². The highest BCUT2D eigenvalue weighted by Gasteiger charge is 2.07. The summed E-state index contributed by atoms with van der Waals surface area (Å²) in [6.07, 6.45) is 5.22. The van der Waals surface area contributed by atoms with Gasteiger partial charge < -0.3 is 0 Å². The van der Waals surface area contributed by atoms with Crippen molar-refractivity contribution in [3.05, 3.63) is 64.7 Å². The number of nitrogens with one attached hydrogen (secondary N) is 1. The maximum absolute atomic E-state index is 5.25. The average molecular weight is 323 g/mol. The van der Waals surface area contributed by atoms with Gasteiger partial charge >= 0.3 is 0 Å². The molecule has 0 aliphatic heterocycles. The zero-order chi connectivity index (χ0) is 16.2. The maximum Gasteiger partial charge on any atom is 0.216 e. The Morgan fingerprint density at radius 2 is 2.00 bits per heavy atom.